The molecule has 0 aliphatic rings. The van der Waals surface area contributed by atoms with Gasteiger partial charge in [0.25, 0.3) is 0 Å². The second-order valence-corrected chi connectivity index (χ2v) is 4.70. The topological polar surface area (TPSA) is 24.9 Å². The summed E-state index contributed by atoms with van der Waals surface area (Å²) in [5, 5.41) is 3.38. The van der Waals surface area contributed by atoms with Gasteiger partial charge in [-0.1, -0.05) is 20.8 Å². The van der Waals surface area contributed by atoms with Gasteiger partial charge in [0.15, 0.2) is 0 Å². The molecule has 1 rings (SSSR count). The zero-order valence-corrected chi connectivity index (χ0v) is 10.5. The molecule has 0 aliphatic heterocycles. The first kappa shape index (κ1) is 11.5. The number of anilines is 1. The molecule has 0 bridgehead atoms. The van der Waals surface area contributed by atoms with Crippen molar-refractivity contribution in [2.24, 2.45) is 11.8 Å². The standard InChI is InChI=1S/C11H17BrN2/c1-8(2)9(3)7-14-10-5-4-6-13-11(10)12/h4-6,8-9,14H,7H2,1-3H3. The average molecular weight is 257 g/mol. The van der Waals surface area contributed by atoms with Crippen LogP contribution in [-0.4, -0.2) is 11.5 Å². The maximum atomic E-state index is 4.16. The molecule has 0 aromatic carbocycles. The molecule has 78 valence electrons. The lowest BCUT2D eigenvalue weighted by Gasteiger charge is -2.17. The predicted octanol–water partition coefficient (Wildman–Crippen LogP) is 3.55. The summed E-state index contributed by atoms with van der Waals surface area (Å²) in [6.45, 7) is 7.72. The number of aromatic nitrogens is 1. The minimum Gasteiger partial charge on any atom is -0.383 e. The maximum absolute atomic E-state index is 4.16. The normalized spacial score (nSPS) is 12.9. The Morgan fingerprint density at radius 1 is 1.43 bits per heavy atom. The summed E-state index contributed by atoms with van der Waals surface area (Å²) in [6.07, 6.45) is 1.78. The van der Waals surface area contributed by atoms with Gasteiger partial charge in [0.05, 0.1) is 5.69 Å². The van der Waals surface area contributed by atoms with Gasteiger partial charge in [-0.25, -0.2) is 4.98 Å². The van der Waals surface area contributed by atoms with E-state index in [0.29, 0.717) is 11.8 Å². The summed E-state index contributed by atoms with van der Waals surface area (Å²) in [5.41, 5.74) is 1.07. The van der Waals surface area contributed by atoms with E-state index in [1.165, 1.54) is 0 Å². The zero-order valence-electron chi connectivity index (χ0n) is 8.92. The van der Waals surface area contributed by atoms with Crippen molar-refractivity contribution in [2.45, 2.75) is 20.8 Å². The number of pyridine rings is 1. The highest BCUT2D eigenvalue weighted by Gasteiger charge is 2.07. The van der Waals surface area contributed by atoms with Crippen molar-refractivity contribution in [3.63, 3.8) is 0 Å². The second kappa shape index (κ2) is 5.35. The third kappa shape index (κ3) is 3.29. The molecule has 0 saturated carbocycles. The Kier molecular flexibility index (Phi) is 4.39. The van der Waals surface area contributed by atoms with Crippen LogP contribution in [0.1, 0.15) is 20.8 Å². The SMILES string of the molecule is CC(C)C(C)CNc1cccnc1Br. The van der Waals surface area contributed by atoms with Crippen molar-refractivity contribution in [3.05, 3.63) is 22.9 Å². The molecule has 2 nitrogen and oxygen atoms in total. The van der Waals surface area contributed by atoms with E-state index in [0.717, 1.165) is 16.8 Å². The van der Waals surface area contributed by atoms with Crippen LogP contribution in [0.2, 0.25) is 0 Å². The van der Waals surface area contributed by atoms with Gasteiger partial charge in [0.1, 0.15) is 4.60 Å². The third-order valence-electron chi connectivity index (χ3n) is 2.51. The van der Waals surface area contributed by atoms with Gasteiger partial charge in [-0.05, 0) is 39.9 Å². The molecule has 1 aromatic rings. The first-order chi connectivity index (χ1) is 6.61. The van der Waals surface area contributed by atoms with Crippen LogP contribution in [0.15, 0.2) is 22.9 Å². The van der Waals surface area contributed by atoms with Gasteiger partial charge in [-0.3, -0.25) is 0 Å². The van der Waals surface area contributed by atoms with Crippen LogP contribution in [0.4, 0.5) is 5.69 Å². The van der Waals surface area contributed by atoms with Crippen molar-refractivity contribution < 1.29 is 0 Å². The molecule has 0 radical (unpaired) electrons. The molecule has 0 amide bonds. The highest BCUT2D eigenvalue weighted by molar-refractivity contribution is 9.10. The number of rotatable bonds is 4. The fourth-order valence-corrected chi connectivity index (χ4v) is 1.42. The predicted molar refractivity (Wildman–Crippen MR) is 64.4 cm³/mol. The van der Waals surface area contributed by atoms with Crippen LogP contribution < -0.4 is 5.32 Å². The molecule has 0 spiro atoms. The van der Waals surface area contributed by atoms with Crippen molar-refractivity contribution in [1.82, 2.24) is 4.98 Å². The smallest absolute Gasteiger partial charge is 0.129 e. The molecule has 0 fully saturated rings. The number of hydrogen-bond acceptors (Lipinski definition) is 2. The highest BCUT2D eigenvalue weighted by Crippen LogP contribution is 2.19. The summed E-state index contributed by atoms with van der Waals surface area (Å²) in [4.78, 5) is 4.16. The molecular weight excluding hydrogens is 240 g/mol. The van der Waals surface area contributed by atoms with E-state index in [4.69, 9.17) is 0 Å². The van der Waals surface area contributed by atoms with E-state index in [-0.39, 0.29) is 0 Å². The lowest BCUT2D eigenvalue weighted by Crippen LogP contribution is -2.16. The van der Waals surface area contributed by atoms with Crippen molar-refractivity contribution in [2.75, 3.05) is 11.9 Å². The van der Waals surface area contributed by atoms with Gasteiger partial charge in [0.2, 0.25) is 0 Å². The summed E-state index contributed by atoms with van der Waals surface area (Å²) in [7, 11) is 0. The molecule has 14 heavy (non-hydrogen) atoms. The number of nitrogens with one attached hydrogen (secondary N) is 1. The molecule has 0 aliphatic carbocycles. The Bertz CT molecular complexity index is 286. The fraction of sp³-hybridized carbons (Fsp3) is 0.545. The molecule has 3 heteroatoms. The maximum Gasteiger partial charge on any atom is 0.129 e. The van der Waals surface area contributed by atoms with E-state index in [1.807, 2.05) is 12.1 Å². The fourth-order valence-electron chi connectivity index (χ4n) is 1.02. The van der Waals surface area contributed by atoms with Crippen LogP contribution in [0.5, 0.6) is 0 Å². The summed E-state index contributed by atoms with van der Waals surface area (Å²) in [6, 6.07) is 3.97. The molecule has 1 N–H and O–H groups in total. The van der Waals surface area contributed by atoms with Gasteiger partial charge in [0, 0.05) is 12.7 Å². The Hall–Kier alpha value is -0.570. The van der Waals surface area contributed by atoms with Crippen LogP contribution in [-0.2, 0) is 0 Å². The first-order valence-electron chi connectivity index (χ1n) is 4.95. The Balaban J connectivity index is 2.50. The monoisotopic (exact) mass is 256 g/mol. The molecule has 1 aromatic heterocycles. The lowest BCUT2D eigenvalue weighted by atomic mass is 9.98. The Labute approximate surface area is 94.3 Å². The van der Waals surface area contributed by atoms with E-state index >= 15 is 0 Å². The molecule has 1 heterocycles. The number of nitrogens with zero attached hydrogens (tertiary/aromatic N) is 1. The Morgan fingerprint density at radius 3 is 2.71 bits per heavy atom. The quantitative estimate of drug-likeness (QED) is 0.834. The summed E-state index contributed by atoms with van der Waals surface area (Å²) < 4.78 is 0.885. The first-order valence-corrected chi connectivity index (χ1v) is 5.75. The van der Waals surface area contributed by atoms with Gasteiger partial charge in [-0.2, -0.15) is 0 Å². The van der Waals surface area contributed by atoms with Crippen LogP contribution in [0.25, 0.3) is 0 Å². The third-order valence-corrected chi connectivity index (χ3v) is 3.14. The van der Waals surface area contributed by atoms with Crippen LogP contribution in [0, 0.1) is 11.8 Å². The minimum atomic E-state index is 0.669. The van der Waals surface area contributed by atoms with Gasteiger partial charge >= 0.3 is 0 Å². The summed E-state index contributed by atoms with van der Waals surface area (Å²) >= 11 is 3.41. The summed E-state index contributed by atoms with van der Waals surface area (Å²) in [5.74, 6) is 1.38. The number of halogens is 1. The van der Waals surface area contributed by atoms with Crippen LogP contribution >= 0.6 is 15.9 Å². The van der Waals surface area contributed by atoms with E-state index in [2.05, 4.69) is 47.0 Å². The zero-order chi connectivity index (χ0) is 10.6. The van der Waals surface area contributed by atoms with E-state index in [9.17, 15) is 0 Å². The Morgan fingerprint density at radius 2 is 2.14 bits per heavy atom. The highest BCUT2D eigenvalue weighted by atomic mass is 79.9. The lowest BCUT2D eigenvalue weighted by molar-refractivity contribution is 0.439. The van der Waals surface area contributed by atoms with E-state index < -0.39 is 0 Å². The van der Waals surface area contributed by atoms with E-state index in [1.54, 1.807) is 6.20 Å². The van der Waals surface area contributed by atoms with Crippen LogP contribution in [0.3, 0.4) is 0 Å². The molecule has 1 unspecified atom stereocenters. The van der Waals surface area contributed by atoms with Crippen molar-refractivity contribution >= 4 is 21.6 Å². The van der Waals surface area contributed by atoms with Gasteiger partial charge in [-0.15, -0.1) is 0 Å². The molecule has 0 saturated heterocycles. The van der Waals surface area contributed by atoms with Crippen molar-refractivity contribution in [3.8, 4) is 0 Å². The second-order valence-electron chi connectivity index (χ2n) is 3.94. The largest absolute Gasteiger partial charge is 0.383 e. The number of hydrogen-bond donors (Lipinski definition) is 1. The van der Waals surface area contributed by atoms with Crippen molar-refractivity contribution in [1.29, 1.82) is 0 Å². The average Bonchev–Trinajstić information content (AvgIpc) is 2.16. The molecule has 1 atom stereocenters. The molecular formula is C11H17BrN2. The van der Waals surface area contributed by atoms with Gasteiger partial charge < -0.3 is 5.32 Å². The minimum absolute atomic E-state index is 0.669.